The predicted molar refractivity (Wildman–Crippen MR) is 89.7 cm³/mol. The number of hydrogen-bond acceptors (Lipinski definition) is 3. The van der Waals surface area contributed by atoms with Crippen LogP contribution in [0.25, 0.3) is 0 Å². The number of amides is 1. The molecule has 0 spiro atoms. The van der Waals surface area contributed by atoms with Crippen LogP contribution < -0.4 is 11.1 Å². The molecule has 0 fully saturated rings. The third kappa shape index (κ3) is 4.33. The molecule has 0 aliphatic carbocycles. The van der Waals surface area contributed by atoms with Gasteiger partial charge in [-0.3, -0.25) is 4.79 Å². The van der Waals surface area contributed by atoms with Crippen LogP contribution in [0.5, 0.6) is 0 Å². The summed E-state index contributed by atoms with van der Waals surface area (Å²) in [7, 11) is 0. The number of nitrogens with one attached hydrogen (secondary N) is 1. The summed E-state index contributed by atoms with van der Waals surface area (Å²) in [6.07, 6.45) is 0.265. The second-order valence-electron chi connectivity index (χ2n) is 6.17. The number of primary amides is 1. The Kier molecular flexibility index (Phi) is 4.68. The van der Waals surface area contributed by atoms with E-state index < -0.39 is 0 Å². The highest BCUT2D eigenvalue weighted by Gasteiger charge is 2.16. The van der Waals surface area contributed by atoms with Gasteiger partial charge in [-0.05, 0) is 29.2 Å². The first kappa shape index (κ1) is 15.6. The molecule has 0 atom stereocenters. The zero-order valence-corrected chi connectivity index (χ0v) is 13.6. The van der Waals surface area contributed by atoms with Crippen LogP contribution in [0.3, 0.4) is 0 Å². The molecular weight excluding hydrogens is 280 g/mol. The van der Waals surface area contributed by atoms with E-state index in [0.717, 1.165) is 17.8 Å². The second kappa shape index (κ2) is 6.31. The monoisotopic (exact) mass is 302 g/mol. The highest BCUT2D eigenvalue weighted by Crippen LogP contribution is 2.30. The van der Waals surface area contributed by atoms with Crippen LogP contribution in [0.4, 0.5) is 5.69 Å². The van der Waals surface area contributed by atoms with Crippen molar-refractivity contribution in [2.45, 2.75) is 39.2 Å². The molecular formula is C17H22N2OS. The van der Waals surface area contributed by atoms with Crippen LogP contribution in [0.15, 0.2) is 36.4 Å². The number of anilines is 1. The van der Waals surface area contributed by atoms with Crippen molar-refractivity contribution in [3.8, 4) is 0 Å². The molecule has 1 aromatic carbocycles. The summed E-state index contributed by atoms with van der Waals surface area (Å²) < 4.78 is 0. The normalized spacial score (nSPS) is 11.4. The quantitative estimate of drug-likeness (QED) is 0.885. The minimum atomic E-state index is -0.310. The molecule has 2 rings (SSSR count). The molecule has 1 amide bonds. The lowest BCUT2D eigenvalue weighted by Gasteiger charge is -2.15. The summed E-state index contributed by atoms with van der Waals surface area (Å²) in [4.78, 5) is 13.8. The van der Waals surface area contributed by atoms with Gasteiger partial charge in [0, 0.05) is 22.0 Å². The van der Waals surface area contributed by atoms with Crippen LogP contribution in [-0.2, 0) is 23.2 Å². The topological polar surface area (TPSA) is 55.1 Å². The number of carbonyl (C=O) groups excluding carboxylic acids is 1. The Labute approximate surface area is 130 Å². The lowest BCUT2D eigenvalue weighted by Crippen LogP contribution is -2.15. The SMILES string of the molecule is CC(C)(C)c1ccc(CNc2ccccc2CC(N)=O)s1. The highest BCUT2D eigenvalue weighted by molar-refractivity contribution is 7.12. The van der Waals surface area contributed by atoms with Gasteiger partial charge in [-0.25, -0.2) is 0 Å². The van der Waals surface area contributed by atoms with Gasteiger partial charge in [0.2, 0.25) is 5.91 Å². The number of benzene rings is 1. The largest absolute Gasteiger partial charge is 0.380 e. The molecule has 0 unspecified atom stereocenters. The van der Waals surface area contributed by atoms with Crippen LogP contribution in [-0.4, -0.2) is 5.91 Å². The molecule has 0 saturated carbocycles. The van der Waals surface area contributed by atoms with Gasteiger partial charge >= 0.3 is 0 Å². The molecule has 2 aromatic rings. The van der Waals surface area contributed by atoms with E-state index in [1.54, 1.807) is 0 Å². The first-order valence-electron chi connectivity index (χ1n) is 7.05. The number of thiophene rings is 1. The minimum Gasteiger partial charge on any atom is -0.380 e. The van der Waals surface area contributed by atoms with E-state index in [-0.39, 0.29) is 17.7 Å². The standard InChI is InChI=1S/C17H22N2OS/c1-17(2,3)15-9-8-13(21-15)11-19-14-7-5-4-6-12(14)10-16(18)20/h4-9,19H,10-11H2,1-3H3,(H2,18,20). The van der Waals surface area contributed by atoms with Gasteiger partial charge in [-0.15, -0.1) is 11.3 Å². The van der Waals surface area contributed by atoms with Crippen molar-refractivity contribution in [3.63, 3.8) is 0 Å². The maximum Gasteiger partial charge on any atom is 0.221 e. The van der Waals surface area contributed by atoms with Gasteiger partial charge in [0.1, 0.15) is 0 Å². The van der Waals surface area contributed by atoms with Gasteiger partial charge in [-0.1, -0.05) is 39.0 Å². The molecule has 0 saturated heterocycles. The smallest absolute Gasteiger partial charge is 0.221 e. The predicted octanol–water partition coefficient (Wildman–Crippen LogP) is 3.69. The van der Waals surface area contributed by atoms with E-state index in [4.69, 9.17) is 5.73 Å². The number of carbonyl (C=O) groups is 1. The first-order chi connectivity index (χ1) is 9.86. The van der Waals surface area contributed by atoms with Crippen molar-refractivity contribution in [3.05, 3.63) is 51.7 Å². The van der Waals surface area contributed by atoms with Crippen LogP contribution in [0, 0.1) is 0 Å². The lowest BCUT2D eigenvalue weighted by atomic mass is 9.95. The van der Waals surface area contributed by atoms with Crippen LogP contribution in [0.1, 0.15) is 36.1 Å². The summed E-state index contributed by atoms with van der Waals surface area (Å²) in [6.45, 7) is 7.42. The van der Waals surface area contributed by atoms with E-state index in [1.165, 1.54) is 9.75 Å². The zero-order chi connectivity index (χ0) is 15.5. The van der Waals surface area contributed by atoms with E-state index >= 15 is 0 Å². The third-order valence-electron chi connectivity index (χ3n) is 3.24. The average molecular weight is 302 g/mol. The molecule has 0 bridgehead atoms. The maximum atomic E-state index is 11.1. The third-order valence-corrected chi connectivity index (χ3v) is 4.75. The molecule has 0 aliphatic rings. The van der Waals surface area contributed by atoms with Crippen molar-refractivity contribution in [1.29, 1.82) is 0 Å². The zero-order valence-electron chi connectivity index (χ0n) is 12.8. The Morgan fingerprint density at radius 1 is 1.19 bits per heavy atom. The van der Waals surface area contributed by atoms with Crippen molar-refractivity contribution in [2.75, 3.05) is 5.32 Å². The van der Waals surface area contributed by atoms with Gasteiger partial charge in [0.15, 0.2) is 0 Å². The number of nitrogens with two attached hydrogens (primary N) is 1. The first-order valence-corrected chi connectivity index (χ1v) is 7.87. The van der Waals surface area contributed by atoms with Crippen molar-refractivity contribution in [2.24, 2.45) is 5.73 Å². The van der Waals surface area contributed by atoms with Crippen molar-refractivity contribution < 1.29 is 4.79 Å². The summed E-state index contributed by atoms with van der Waals surface area (Å²) in [5, 5.41) is 3.40. The Morgan fingerprint density at radius 3 is 2.52 bits per heavy atom. The fraction of sp³-hybridized carbons (Fsp3) is 0.353. The summed E-state index contributed by atoms with van der Waals surface area (Å²) in [6, 6.07) is 12.2. The Bertz CT molecular complexity index is 626. The molecule has 1 aromatic heterocycles. The van der Waals surface area contributed by atoms with E-state index in [2.05, 4.69) is 38.2 Å². The highest BCUT2D eigenvalue weighted by atomic mass is 32.1. The molecule has 4 heteroatoms. The molecule has 3 N–H and O–H groups in total. The molecule has 0 radical (unpaired) electrons. The molecule has 112 valence electrons. The Balaban J connectivity index is 2.06. The molecule has 21 heavy (non-hydrogen) atoms. The van der Waals surface area contributed by atoms with Crippen LogP contribution in [0.2, 0.25) is 0 Å². The van der Waals surface area contributed by atoms with Gasteiger partial charge in [0.05, 0.1) is 6.42 Å². The van der Waals surface area contributed by atoms with Crippen molar-refractivity contribution in [1.82, 2.24) is 0 Å². The lowest BCUT2D eigenvalue weighted by molar-refractivity contribution is -0.117. The molecule has 0 aliphatic heterocycles. The second-order valence-corrected chi connectivity index (χ2v) is 7.34. The molecule has 1 heterocycles. The van der Waals surface area contributed by atoms with Gasteiger partial charge in [0.25, 0.3) is 0 Å². The minimum absolute atomic E-state index is 0.187. The maximum absolute atomic E-state index is 11.1. The summed E-state index contributed by atoms with van der Waals surface area (Å²) >= 11 is 1.82. The number of rotatable bonds is 5. The Hall–Kier alpha value is -1.81. The Morgan fingerprint density at radius 2 is 1.90 bits per heavy atom. The van der Waals surface area contributed by atoms with E-state index in [1.807, 2.05) is 35.6 Å². The number of para-hydroxylation sites is 1. The average Bonchev–Trinajstić information content (AvgIpc) is 2.86. The summed E-state index contributed by atoms with van der Waals surface area (Å²) in [5.41, 5.74) is 7.39. The summed E-state index contributed by atoms with van der Waals surface area (Å²) in [5.74, 6) is -0.310. The van der Waals surface area contributed by atoms with Gasteiger partial charge in [-0.2, -0.15) is 0 Å². The molecule has 3 nitrogen and oxygen atoms in total. The fourth-order valence-corrected chi connectivity index (χ4v) is 3.10. The van der Waals surface area contributed by atoms with Crippen molar-refractivity contribution >= 4 is 22.9 Å². The van der Waals surface area contributed by atoms with E-state index in [9.17, 15) is 4.79 Å². The fourth-order valence-electron chi connectivity index (χ4n) is 2.09. The van der Waals surface area contributed by atoms with E-state index in [0.29, 0.717) is 0 Å². The van der Waals surface area contributed by atoms with Crippen LogP contribution >= 0.6 is 11.3 Å². The van der Waals surface area contributed by atoms with Gasteiger partial charge < -0.3 is 11.1 Å². The number of hydrogen-bond donors (Lipinski definition) is 2.